The lowest BCUT2D eigenvalue weighted by Gasteiger charge is -2.43. The van der Waals surface area contributed by atoms with E-state index in [2.05, 4.69) is 215 Å². The average molecular weight is 892 g/mol. The van der Waals surface area contributed by atoms with Gasteiger partial charge in [0.25, 0.3) is 6.71 Å². The molecule has 66 heavy (non-hydrogen) atoms. The van der Waals surface area contributed by atoms with Crippen molar-refractivity contribution in [3.63, 3.8) is 0 Å². The van der Waals surface area contributed by atoms with Crippen LogP contribution >= 0.6 is 22.7 Å². The van der Waals surface area contributed by atoms with Crippen molar-refractivity contribution in [3.05, 3.63) is 179 Å². The molecule has 0 N–H and O–H groups in total. The highest BCUT2D eigenvalue weighted by Gasteiger charge is 2.48. The van der Waals surface area contributed by atoms with E-state index in [1.54, 1.807) is 0 Å². The standard InChI is InChI=1S/C60H54BN3S2/c1-58(2,3)41-23-25-45(26-24-41)64-50-32-46(62(42-17-11-8-12-18-42)43-19-13-9-14-20-43)31-49-53(50)61(57-55(64)48-28-38-34-60(6,7)36-40(38)30-52(48)66-57)56-54(63(49)44-21-15-10-16-22-44)47-27-37-33-59(4,5)35-39(37)29-51(47)65-56/h8-32H,33-36H2,1-7H3. The van der Waals surface area contributed by atoms with Gasteiger partial charge in [-0.05, 0) is 160 Å². The summed E-state index contributed by atoms with van der Waals surface area (Å²) in [6.45, 7) is 16.8. The lowest BCUT2D eigenvalue weighted by molar-refractivity contribution is 0.392. The van der Waals surface area contributed by atoms with Gasteiger partial charge in [-0.3, -0.25) is 0 Å². The number of para-hydroxylation sites is 3. The van der Waals surface area contributed by atoms with E-state index in [1.807, 2.05) is 22.7 Å². The van der Waals surface area contributed by atoms with E-state index in [9.17, 15) is 0 Å². The predicted octanol–water partition coefficient (Wildman–Crippen LogP) is 15.2. The predicted molar refractivity (Wildman–Crippen MR) is 287 cm³/mol. The van der Waals surface area contributed by atoms with E-state index in [1.165, 1.54) is 97.1 Å². The lowest BCUT2D eigenvalue weighted by atomic mass is 9.39. The molecule has 9 aromatic rings. The molecule has 0 amide bonds. The van der Waals surface area contributed by atoms with Gasteiger partial charge in [0, 0.05) is 63.8 Å². The van der Waals surface area contributed by atoms with E-state index in [0.717, 1.165) is 42.7 Å². The Hall–Kier alpha value is -6.08. The molecule has 0 spiro atoms. The van der Waals surface area contributed by atoms with Gasteiger partial charge in [-0.1, -0.05) is 115 Å². The Balaban J connectivity index is 1.17. The molecule has 2 aliphatic carbocycles. The summed E-state index contributed by atoms with van der Waals surface area (Å²) in [7, 11) is 0. The smallest absolute Gasteiger partial charge is 0.277 e. The van der Waals surface area contributed by atoms with Crippen molar-refractivity contribution < 1.29 is 0 Å². The average Bonchev–Trinajstić information content (AvgIpc) is 4.02. The molecule has 0 atom stereocenters. The zero-order valence-electron chi connectivity index (χ0n) is 39.0. The molecule has 2 aromatic heterocycles. The minimum atomic E-state index is 0.0355. The Morgan fingerprint density at radius 3 is 1.33 bits per heavy atom. The van der Waals surface area contributed by atoms with Gasteiger partial charge in [0.15, 0.2) is 0 Å². The number of nitrogens with zero attached hydrogens (tertiary/aromatic N) is 3. The largest absolute Gasteiger partial charge is 0.310 e. The zero-order valence-corrected chi connectivity index (χ0v) is 40.6. The van der Waals surface area contributed by atoms with Crippen LogP contribution < -0.4 is 29.7 Å². The topological polar surface area (TPSA) is 9.72 Å². The summed E-state index contributed by atoms with van der Waals surface area (Å²) in [6.07, 6.45) is 4.46. The molecular weight excluding hydrogens is 838 g/mol. The molecular formula is C60H54BN3S2. The highest BCUT2D eigenvalue weighted by atomic mass is 32.1. The van der Waals surface area contributed by atoms with Crippen LogP contribution in [0.2, 0.25) is 0 Å². The highest BCUT2D eigenvalue weighted by Crippen LogP contribution is 2.54. The molecule has 6 heteroatoms. The minimum Gasteiger partial charge on any atom is -0.310 e. The number of fused-ring (bicyclic) bond motifs is 10. The van der Waals surface area contributed by atoms with Crippen molar-refractivity contribution in [2.24, 2.45) is 10.8 Å². The van der Waals surface area contributed by atoms with Gasteiger partial charge in [0.05, 0.1) is 17.1 Å². The fourth-order valence-electron chi connectivity index (χ4n) is 12.0. The lowest BCUT2D eigenvalue weighted by Crippen LogP contribution is -2.59. The molecule has 0 bridgehead atoms. The maximum atomic E-state index is 2.66. The SMILES string of the molecule is CC1(C)Cc2cc3sc4c(c3cc2C1)N(c1ccccc1)c1cc(N(c2ccccc2)c2ccccc2)cc2c1B4c1sc3cc4c(cc3c1N2c1ccc(C(C)(C)C)cc1)CC(C)(C)C4. The van der Waals surface area contributed by atoms with Crippen LogP contribution in [-0.2, 0) is 31.1 Å². The third-order valence-corrected chi connectivity index (χ3v) is 17.3. The Kier molecular flexibility index (Phi) is 8.66. The second-order valence-corrected chi connectivity index (χ2v) is 24.2. The van der Waals surface area contributed by atoms with Crippen LogP contribution in [0.25, 0.3) is 20.2 Å². The summed E-state index contributed by atoms with van der Waals surface area (Å²) in [5, 5.41) is 2.75. The van der Waals surface area contributed by atoms with Crippen molar-refractivity contribution in [1.29, 1.82) is 0 Å². The first-order chi connectivity index (χ1) is 31.8. The minimum absolute atomic E-state index is 0.0355. The van der Waals surface area contributed by atoms with Crippen LogP contribution in [0.1, 0.15) is 76.3 Å². The zero-order chi connectivity index (χ0) is 44.9. The molecule has 0 saturated heterocycles. The number of hydrogen-bond donors (Lipinski definition) is 0. The van der Waals surface area contributed by atoms with Crippen LogP contribution in [0.5, 0.6) is 0 Å². The summed E-state index contributed by atoms with van der Waals surface area (Å²) in [4.78, 5) is 7.77. The van der Waals surface area contributed by atoms with Gasteiger partial charge in [-0.2, -0.15) is 0 Å². The number of rotatable bonds is 5. The number of hydrogen-bond acceptors (Lipinski definition) is 5. The van der Waals surface area contributed by atoms with Gasteiger partial charge >= 0.3 is 0 Å². The normalized spacial score (nSPS) is 16.3. The van der Waals surface area contributed by atoms with E-state index >= 15 is 0 Å². The number of thiophene rings is 2. The first-order valence-corrected chi connectivity index (χ1v) is 25.4. The van der Waals surface area contributed by atoms with Crippen molar-refractivity contribution in [2.45, 2.75) is 79.6 Å². The quantitative estimate of drug-likeness (QED) is 0.159. The second kappa shape index (κ2) is 14.2. The molecule has 0 fully saturated rings. The molecule has 324 valence electrons. The molecule has 7 aromatic carbocycles. The van der Waals surface area contributed by atoms with Crippen molar-refractivity contribution in [3.8, 4) is 0 Å². The first-order valence-electron chi connectivity index (χ1n) is 23.8. The van der Waals surface area contributed by atoms with Gasteiger partial charge < -0.3 is 14.7 Å². The van der Waals surface area contributed by atoms with E-state index < -0.39 is 0 Å². The Bertz CT molecular complexity index is 3370. The van der Waals surface area contributed by atoms with Crippen LogP contribution in [0, 0.1) is 10.8 Å². The molecule has 13 rings (SSSR count). The molecule has 2 aliphatic heterocycles. The van der Waals surface area contributed by atoms with Crippen LogP contribution in [0.15, 0.2) is 152 Å². The molecule has 0 saturated carbocycles. The highest BCUT2D eigenvalue weighted by molar-refractivity contribution is 7.40. The maximum Gasteiger partial charge on any atom is 0.277 e. The fraction of sp³-hybridized carbons (Fsp3) is 0.233. The van der Waals surface area contributed by atoms with Crippen LogP contribution in [0.3, 0.4) is 0 Å². The van der Waals surface area contributed by atoms with Crippen LogP contribution in [0.4, 0.5) is 51.2 Å². The molecule has 4 aliphatic rings. The maximum absolute atomic E-state index is 2.66. The monoisotopic (exact) mass is 891 g/mol. The number of anilines is 9. The van der Waals surface area contributed by atoms with Gasteiger partial charge in [-0.15, -0.1) is 22.7 Å². The Labute approximate surface area is 398 Å². The molecule has 4 heterocycles. The van der Waals surface area contributed by atoms with Crippen molar-refractivity contribution >= 4 is 116 Å². The molecule has 3 nitrogen and oxygen atoms in total. The van der Waals surface area contributed by atoms with Crippen molar-refractivity contribution in [1.82, 2.24) is 0 Å². The Morgan fingerprint density at radius 1 is 0.485 bits per heavy atom. The molecule has 0 radical (unpaired) electrons. The van der Waals surface area contributed by atoms with E-state index in [0.29, 0.717) is 0 Å². The summed E-state index contributed by atoms with van der Waals surface area (Å²) >= 11 is 4.08. The summed E-state index contributed by atoms with van der Waals surface area (Å²) in [5.74, 6) is 0. The Morgan fingerprint density at radius 2 is 0.894 bits per heavy atom. The van der Waals surface area contributed by atoms with E-state index in [4.69, 9.17) is 0 Å². The number of benzene rings is 7. The second-order valence-electron chi connectivity index (χ2n) is 22.0. The summed E-state index contributed by atoms with van der Waals surface area (Å²) in [5.41, 5.74) is 20.3. The van der Waals surface area contributed by atoms with Crippen LogP contribution in [-0.4, -0.2) is 6.71 Å². The first kappa shape index (κ1) is 40.2. The van der Waals surface area contributed by atoms with Gasteiger partial charge in [0.1, 0.15) is 0 Å². The fourth-order valence-corrected chi connectivity index (χ4v) is 14.8. The van der Waals surface area contributed by atoms with Gasteiger partial charge in [-0.25, -0.2) is 0 Å². The summed E-state index contributed by atoms with van der Waals surface area (Å²) < 4.78 is 5.69. The molecule has 0 unspecified atom stereocenters. The third kappa shape index (κ3) is 6.21. The van der Waals surface area contributed by atoms with E-state index in [-0.39, 0.29) is 23.0 Å². The summed E-state index contributed by atoms with van der Waals surface area (Å²) in [6, 6.07) is 58.0. The third-order valence-electron chi connectivity index (χ3n) is 14.9. The van der Waals surface area contributed by atoms with Crippen molar-refractivity contribution in [2.75, 3.05) is 14.7 Å². The van der Waals surface area contributed by atoms with Gasteiger partial charge in [0.2, 0.25) is 0 Å².